The maximum Gasteiger partial charge on any atom is 0.315 e. The van der Waals surface area contributed by atoms with Gasteiger partial charge in [-0.2, -0.15) is 0 Å². The Morgan fingerprint density at radius 3 is 3.18 bits per heavy atom. The number of carbonyl (C=O) groups is 1. The van der Waals surface area contributed by atoms with Crippen molar-refractivity contribution in [2.45, 2.75) is 44.3 Å². The van der Waals surface area contributed by atoms with E-state index >= 15 is 0 Å². The number of urea groups is 1. The van der Waals surface area contributed by atoms with Gasteiger partial charge in [-0.1, -0.05) is 6.42 Å². The van der Waals surface area contributed by atoms with Crippen molar-refractivity contribution in [1.29, 1.82) is 0 Å². The highest BCUT2D eigenvalue weighted by atomic mass is 16.5. The lowest BCUT2D eigenvalue weighted by Crippen LogP contribution is -2.49. The average molecular weight is 304 g/mol. The minimum atomic E-state index is -0.0896. The highest BCUT2D eigenvalue weighted by Crippen LogP contribution is 2.26. The second kappa shape index (κ2) is 6.96. The molecule has 2 saturated heterocycles. The van der Waals surface area contributed by atoms with Crippen molar-refractivity contribution in [3.8, 4) is 5.88 Å². The Bertz CT molecular complexity index is 523. The van der Waals surface area contributed by atoms with Crippen LogP contribution in [0, 0.1) is 0 Å². The molecule has 0 unspecified atom stereocenters. The first-order valence-corrected chi connectivity index (χ1v) is 8.03. The van der Waals surface area contributed by atoms with Crippen LogP contribution >= 0.6 is 0 Å². The van der Waals surface area contributed by atoms with Crippen LogP contribution in [-0.4, -0.2) is 48.2 Å². The summed E-state index contributed by atoms with van der Waals surface area (Å²) in [5, 5.41) is 6.06. The molecule has 0 bridgehead atoms. The van der Waals surface area contributed by atoms with Crippen LogP contribution in [0.25, 0.3) is 0 Å². The molecule has 2 aliphatic rings. The summed E-state index contributed by atoms with van der Waals surface area (Å²) in [4.78, 5) is 18.7. The van der Waals surface area contributed by atoms with Crippen LogP contribution in [0.4, 0.5) is 4.79 Å². The summed E-state index contributed by atoms with van der Waals surface area (Å²) in [6, 6.07) is 4.43. The van der Waals surface area contributed by atoms with Crippen LogP contribution in [-0.2, 0) is 6.54 Å². The highest BCUT2D eigenvalue weighted by Gasteiger charge is 2.36. The van der Waals surface area contributed by atoms with E-state index in [0.717, 1.165) is 18.5 Å². The van der Waals surface area contributed by atoms with Gasteiger partial charge in [-0.15, -0.1) is 0 Å². The molecule has 2 N–H and O–H groups in total. The fourth-order valence-electron chi connectivity index (χ4n) is 3.49. The number of pyridine rings is 1. The number of nitrogens with one attached hydrogen (secondary N) is 2. The maximum absolute atomic E-state index is 12.1. The highest BCUT2D eigenvalue weighted by molar-refractivity contribution is 5.74. The number of ether oxygens (including phenoxy) is 1. The van der Waals surface area contributed by atoms with Gasteiger partial charge in [-0.25, -0.2) is 9.78 Å². The number of aromatic nitrogens is 1. The van der Waals surface area contributed by atoms with Gasteiger partial charge in [-0.05, 0) is 37.4 Å². The lowest BCUT2D eigenvalue weighted by atomic mass is 9.99. The molecule has 0 spiro atoms. The SMILES string of the molecule is COc1cc(CNC(=O)N[C@H]2CCN3CCCC[C@H]23)ccn1. The fourth-order valence-corrected chi connectivity index (χ4v) is 3.49. The molecule has 0 radical (unpaired) electrons. The Kier molecular flexibility index (Phi) is 4.77. The van der Waals surface area contributed by atoms with Gasteiger partial charge in [0.25, 0.3) is 0 Å². The van der Waals surface area contributed by atoms with Crippen molar-refractivity contribution < 1.29 is 9.53 Å². The summed E-state index contributed by atoms with van der Waals surface area (Å²) in [7, 11) is 1.59. The number of fused-ring (bicyclic) bond motifs is 1. The molecule has 3 rings (SSSR count). The molecule has 2 atom stereocenters. The summed E-state index contributed by atoms with van der Waals surface area (Å²) in [5.74, 6) is 0.563. The Morgan fingerprint density at radius 2 is 2.32 bits per heavy atom. The number of methoxy groups -OCH3 is 1. The number of amides is 2. The molecule has 0 saturated carbocycles. The van der Waals surface area contributed by atoms with Crippen LogP contribution in [0.1, 0.15) is 31.2 Å². The van der Waals surface area contributed by atoms with E-state index in [2.05, 4.69) is 20.5 Å². The molecule has 22 heavy (non-hydrogen) atoms. The number of nitrogens with zero attached hydrogens (tertiary/aromatic N) is 2. The molecule has 3 heterocycles. The number of piperidine rings is 1. The van der Waals surface area contributed by atoms with Crippen molar-refractivity contribution in [3.63, 3.8) is 0 Å². The lowest BCUT2D eigenvalue weighted by molar-refractivity contribution is 0.179. The first-order valence-electron chi connectivity index (χ1n) is 8.03. The zero-order chi connectivity index (χ0) is 15.4. The normalized spacial score (nSPS) is 24.6. The summed E-state index contributed by atoms with van der Waals surface area (Å²) < 4.78 is 5.08. The van der Waals surface area contributed by atoms with E-state index in [0.29, 0.717) is 18.5 Å². The second-order valence-electron chi connectivity index (χ2n) is 6.03. The summed E-state index contributed by atoms with van der Waals surface area (Å²) in [6.45, 7) is 2.77. The van der Waals surface area contributed by atoms with Crippen LogP contribution in [0.5, 0.6) is 5.88 Å². The minimum absolute atomic E-state index is 0.0896. The van der Waals surface area contributed by atoms with Crippen molar-refractivity contribution in [2.24, 2.45) is 0 Å². The molecule has 6 nitrogen and oxygen atoms in total. The molecule has 6 heteroatoms. The number of rotatable bonds is 4. The summed E-state index contributed by atoms with van der Waals surface area (Å²) in [6.07, 6.45) is 6.51. The third-order valence-electron chi connectivity index (χ3n) is 4.63. The second-order valence-corrected chi connectivity index (χ2v) is 6.03. The van der Waals surface area contributed by atoms with E-state index in [1.54, 1.807) is 13.3 Å². The predicted octanol–water partition coefficient (Wildman–Crippen LogP) is 1.52. The van der Waals surface area contributed by atoms with E-state index in [-0.39, 0.29) is 12.1 Å². The van der Waals surface area contributed by atoms with Crippen LogP contribution < -0.4 is 15.4 Å². The minimum Gasteiger partial charge on any atom is -0.481 e. The zero-order valence-electron chi connectivity index (χ0n) is 13.0. The van der Waals surface area contributed by atoms with Gasteiger partial charge < -0.3 is 15.4 Å². The fraction of sp³-hybridized carbons (Fsp3) is 0.625. The molecule has 0 aromatic carbocycles. The van der Waals surface area contributed by atoms with E-state index in [1.165, 1.54) is 25.8 Å². The van der Waals surface area contributed by atoms with Crippen molar-refractivity contribution in [2.75, 3.05) is 20.2 Å². The average Bonchev–Trinajstić information content (AvgIpc) is 2.96. The lowest BCUT2D eigenvalue weighted by Gasteiger charge is -2.32. The zero-order valence-corrected chi connectivity index (χ0v) is 13.0. The quantitative estimate of drug-likeness (QED) is 0.885. The van der Waals surface area contributed by atoms with Gasteiger partial charge >= 0.3 is 6.03 Å². The standard InChI is InChI=1S/C16H24N4O2/c1-22-15-10-12(5-7-17-15)11-18-16(21)19-13-6-9-20-8-3-2-4-14(13)20/h5,7,10,13-14H,2-4,6,8-9,11H2,1H3,(H2,18,19,21)/t13-,14+/m0/s1. The number of hydrogen-bond donors (Lipinski definition) is 2. The Balaban J connectivity index is 1.48. The molecule has 0 aliphatic carbocycles. The predicted molar refractivity (Wildman–Crippen MR) is 83.8 cm³/mol. The van der Waals surface area contributed by atoms with E-state index in [9.17, 15) is 4.79 Å². The molecule has 2 amide bonds. The smallest absolute Gasteiger partial charge is 0.315 e. The van der Waals surface area contributed by atoms with Crippen molar-refractivity contribution in [1.82, 2.24) is 20.5 Å². The monoisotopic (exact) mass is 304 g/mol. The maximum atomic E-state index is 12.1. The van der Waals surface area contributed by atoms with Gasteiger partial charge in [0, 0.05) is 37.4 Å². The largest absolute Gasteiger partial charge is 0.481 e. The molecule has 1 aromatic rings. The Labute approximate surface area is 131 Å². The van der Waals surface area contributed by atoms with Gasteiger partial charge in [0.15, 0.2) is 0 Å². The Morgan fingerprint density at radius 1 is 1.41 bits per heavy atom. The third kappa shape index (κ3) is 3.50. The Hall–Kier alpha value is -1.82. The van der Waals surface area contributed by atoms with Gasteiger partial charge in [0.05, 0.1) is 7.11 Å². The van der Waals surface area contributed by atoms with Crippen LogP contribution in [0.3, 0.4) is 0 Å². The van der Waals surface area contributed by atoms with E-state index < -0.39 is 0 Å². The molecule has 2 fully saturated rings. The van der Waals surface area contributed by atoms with Crippen molar-refractivity contribution >= 4 is 6.03 Å². The number of hydrogen-bond acceptors (Lipinski definition) is 4. The van der Waals surface area contributed by atoms with Crippen molar-refractivity contribution in [3.05, 3.63) is 23.9 Å². The van der Waals surface area contributed by atoms with Gasteiger partial charge in [0.2, 0.25) is 5.88 Å². The molecule has 120 valence electrons. The molecular weight excluding hydrogens is 280 g/mol. The summed E-state index contributed by atoms with van der Waals surface area (Å²) >= 11 is 0. The number of carbonyl (C=O) groups excluding carboxylic acids is 1. The summed E-state index contributed by atoms with van der Waals surface area (Å²) in [5.41, 5.74) is 0.979. The first kappa shape index (κ1) is 15.1. The molecule has 1 aromatic heterocycles. The van der Waals surface area contributed by atoms with Gasteiger partial charge in [0.1, 0.15) is 0 Å². The first-order chi connectivity index (χ1) is 10.8. The van der Waals surface area contributed by atoms with Gasteiger partial charge in [-0.3, -0.25) is 4.90 Å². The molecule has 2 aliphatic heterocycles. The topological polar surface area (TPSA) is 66.5 Å². The van der Waals surface area contributed by atoms with Crippen LogP contribution in [0.2, 0.25) is 0 Å². The van der Waals surface area contributed by atoms with E-state index in [1.807, 2.05) is 12.1 Å². The van der Waals surface area contributed by atoms with E-state index in [4.69, 9.17) is 4.74 Å². The molecular formula is C16H24N4O2. The van der Waals surface area contributed by atoms with Crippen LogP contribution in [0.15, 0.2) is 18.3 Å². The third-order valence-corrected chi connectivity index (χ3v) is 4.63.